The number of hydrogen-bond donors (Lipinski definition) is 11. The molecule has 12 N–H and O–H groups in total. The number of rotatable bonds is 20. The van der Waals surface area contributed by atoms with Crippen LogP contribution in [0.15, 0.2) is 121 Å². The van der Waals surface area contributed by atoms with Crippen LogP contribution in [0.2, 0.25) is 15.1 Å². The Morgan fingerprint density at radius 3 is 2.06 bits per heavy atom. The topological polar surface area (TPSA) is 381 Å². The van der Waals surface area contributed by atoms with Gasteiger partial charge in [0.25, 0.3) is 17.6 Å². The molecule has 6 aromatic rings. The van der Waals surface area contributed by atoms with E-state index in [0.717, 1.165) is 50.1 Å². The van der Waals surface area contributed by atoms with Crippen molar-refractivity contribution in [2.75, 3.05) is 72.0 Å². The van der Waals surface area contributed by atoms with E-state index in [1.807, 2.05) is 68.1 Å². The van der Waals surface area contributed by atoms with Gasteiger partial charge < -0.3 is 90.6 Å². The number of aliphatic hydroxyl groups is 4. The van der Waals surface area contributed by atoms with Crippen molar-refractivity contribution in [3.8, 4) is 23.0 Å². The Bertz CT molecular complexity index is 3960. The highest BCUT2D eigenvalue weighted by molar-refractivity contribution is 6.35. The quantitative estimate of drug-likeness (QED) is 0.0111. The number of carbonyl (C=O) groups excluding carboxylic acids is 4. The van der Waals surface area contributed by atoms with Gasteiger partial charge in [-0.1, -0.05) is 113 Å². The van der Waals surface area contributed by atoms with Crippen LogP contribution in [0.1, 0.15) is 124 Å². The number of allylic oxidation sites excluding steroid dienone is 2. The first kappa shape index (κ1) is 86.6. The Labute approximate surface area is 634 Å². The summed E-state index contributed by atoms with van der Waals surface area (Å²) in [6.45, 7) is 22.3. The normalized spacial score (nSPS) is 23.4. The molecule has 578 valence electrons. The number of ether oxygens (including phenoxy) is 5. The summed E-state index contributed by atoms with van der Waals surface area (Å²) in [5, 5.41) is 93.0. The molecule has 4 aromatic carbocycles. The zero-order valence-corrected chi connectivity index (χ0v) is 64.2. The number of aromatic hydroxyl groups is 3. The maximum atomic E-state index is 14.4. The maximum absolute atomic E-state index is 14.4. The number of carbonyl (C=O) groups is 4. The second-order valence-corrected chi connectivity index (χ2v) is 27.7. The van der Waals surface area contributed by atoms with Crippen LogP contribution in [0, 0.1) is 30.6 Å². The number of benzene rings is 4. The largest absolute Gasteiger partial charge is 0.507 e. The van der Waals surface area contributed by atoms with Gasteiger partial charge in [0.15, 0.2) is 5.75 Å². The second-order valence-electron chi connectivity index (χ2n) is 26.4. The highest BCUT2D eigenvalue weighted by Crippen LogP contribution is 2.55. The molecular formula is C76H102Cl3N11O16. The molecule has 30 heteroatoms. The summed E-state index contributed by atoms with van der Waals surface area (Å²) in [5.74, 6) is -8.90. The number of fused-ring (bicyclic) bond motifs is 14. The van der Waals surface area contributed by atoms with Gasteiger partial charge in [0.1, 0.15) is 35.2 Å². The molecule has 0 saturated carbocycles. The summed E-state index contributed by atoms with van der Waals surface area (Å²) < 4.78 is 31.7. The lowest BCUT2D eigenvalue weighted by atomic mass is 9.78. The average Bonchev–Trinajstić information content (AvgIpc) is 1.50. The van der Waals surface area contributed by atoms with Gasteiger partial charge in [0.05, 0.1) is 91.9 Å². The third-order valence-corrected chi connectivity index (χ3v) is 19.5. The van der Waals surface area contributed by atoms with Crippen LogP contribution >= 0.6 is 34.8 Å². The summed E-state index contributed by atoms with van der Waals surface area (Å²) in [4.78, 5) is 64.3. The number of aliphatic hydroxyl groups excluding tert-OH is 4. The van der Waals surface area contributed by atoms with Crippen LogP contribution in [0.25, 0.3) is 10.8 Å². The summed E-state index contributed by atoms with van der Waals surface area (Å²) >= 11 is 18.3. The number of primary amides is 1. The third-order valence-electron chi connectivity index (χ3n) is 18.7. The maximum Gasteiger partial charge on any atom is 0.312 e. The van der Waals surface area contributed by atoms with E-state index in [1.165, 1.54) is 78.0 Å². The van der Waals surface area contributed by atoms with Gasteiger partial charge in [-0.05, 0) is 69.6 Å². The molecule has 4 aliphatic rings. The molecular weight excluding hydrogens is 1430 g/mol. The third kappa shape index (κ3) is 23.6. The van der Waals surface area contributed by atoms with Crippen molar-refractivity contribution in [3.63, 3.8) is 0 Å². The number of phenols is 3. The summed E-state index contributed by atoms with van der Waals surface area (Å²) in [6, 6.07) is 13.4. The van der Waals surface area contributed by atoms with Gasteiger partial charge >= 0.3 is 11.8 Å². The smallest absolute Gasteiger partial charge is 0.312 e. The van der Waals surface area contributed by atoms with Crippen molar-refractivity contribution >= 4 is 81.0 Å². The number of Topliss-reactive ketones (excluding diaryl/α,β-unsaturated/α-hetero) is 1. The minimum atomic E-state index is -2.04. The number of aromatic nitrogens is 4. The number of hydrogen-bond acceptors (Lipinski definition) is 24. The summed E-state index contributed by atoms with van der Waals surface area (Å²) in [6.07, 6.45) is 16.1. The summed E-state index contributed by atoms with van der Waals surface area (Å²) in [7, 11) is 3.42. The number of nitrogens with two attached hydrogens (primary N) is 1. The monoisotopic (exact) mass is 1530 g/mol. The lowest BCUT2D eigenvalue weighted by Gasteiger charge is -2.38. The van der Waals surface area contributed by atoms with Crippen LogP contribution in [0.4, 0.5) is 5.69 Å². The molecule has 1 unspecified atom stereocenters. The molecule has 5 bridgehead atoms. The van der Waals surface area contributed by atoms with E-state index in [2.05, 4.69) is 40.9 Å². The molecule has 12 atom stereocenters. The van der Waals surface area contributed by atoms with Gasteiger partial charge in [-0.25, -0.2) is 9.97 Å². The zero-order chi connectivity index (χ0) is 78.1. The van der Waals surface area contributed by atoms with Crippen molar-refractivity contribution in [2.24, 2.45) is 34.5 Å². The van der Waals surface area contributed by atoms with Crippen molar-refractivity contribution < 1.29 is 78.6 Å². The number of nitrogens with one attached hydrogen (secondary N) is 3. The van der Waals surface area contributed by atoms with E-state index in [4.69, 9.17) is 74.4 Å². The molecule has 6 heterocycles. The predicted molar refractivity (Wildman–Crippen MR) is 407 cm³/mol. The first-order chi connectivity index (χ1) is 50.4. The Kier molecular flexibility index (Phi) is 34.1. The zero-order valence-electron chi connectivity index (χ0n) is 62.0. The molecule has 106 heavy (non-hydrogen) atoms. The minimum absolute atomic E-state index is 0.0559. The van der Waals surface area contributed by atoms with Crippen LogP contribution in [0.5, 0.6) is 23.0 Å². The van der Waals surface area contributed by atoms with Crippen molar-refractivity contribution in [1.82, 2.24) is 40.1 Å². The fraction of sp³-hybridized carbons (Fsp3) is 0.474. The average molecular weight is 1530 g/mol. The Morgan fingerprint density at radius 1 is 0.849 bits per heavy atom. The van der Waals surface area contributed by atoms with E-state index in [0.29, 0.717) is 41.3 Å². The van der Waals surface area contributed by atoms with E-state index in [-0.39, 0.29) is 81.6 Å². The second kappa shape index (κ2) is 41.7. The van der Waals surface area contributed by atoms with Gasteiger partial charge in [0, 0.05) is 158 Å². The van der Waals surface area contributed by atoms with Crippen molar-refractivity contribution in [2.45, 2.75) is 144 Å². The molecule has 27 nitrogen and oxygen atoms in total. The van der Waals surface area contributed by atoms with Crippen LogP contribution in [-0.2, 0) is 41.7 Å². The number of nitrogens with zero attached hydrogens (tertiary/aromatic N) is 7. The van der Waals surface area contributed by atoms with Gasteiger partial charge in [-0.3, -0.25) is 29.2 Å². The van der Waals surface area contributed by atoms with E-state index in [9.17, 15) is 44.7 Å². The fourth-order valence-electron chi connectivity index (χ4n) is 11.9. The Hall–Kier alpha value is -8.29. The van der Waals surface area contributed by atoms with Gasteiger partial charge in [-0.15, -0.1) is 0 Å². The molecule has 1 saturated heterocycles. The molecule has 0 aliphatic carbocycles. The van der Waals surface area contributed by atoms with Gasteiger partial charge in [0.2, 0.25) is 0 Å². The van der Waals surface area contributed by atoms with Crippen LogP contribution < -0.4 is 26.4 Å². The van der Waals surface area contributed by atoms with Crippen molar-refractivity contribution in [1.29, 1.82) is 0 Å². The molecule has 10 rings (SSSR count). The molecule has 0 spiro atoms. The minimum Gasteiger partial charge on any atom is -0.507 e. The number of imidazole rings is 1. The number of phenolic OH excluding ortho intramolecular Hbond substituents is 3. The number of amides is 2. The van der Waals surface area contributed by atoms with E-state index in [1.54, 1.807) is 63.4 Å². The number of likely N-dealkylation sites (N-methyl/N-ethyl adjacent to an activating group) is 1. The predicted octanol–water partition coefficient (Wildman–Crippen LogP) is 9.42. The molecule has 4 aliphatic heterocycles. The number of anilines is 1. The summed E-state index contributed by atoms with van der Waals surface area (Å²) in [5.41, 5.74) is 6.65. The number of halogens is 3. The number of hydrazone groups is 1. The Morgan fingerprint density at radius 2 is 1.50 bits per heavy atom. The van der Waals surface area contributed by atoms with Crippen molar-refractivity contribution in [3.05, 3.63) is 164 Å². The number of ketones is 1. The molecule has 1 fully saturated rings. The Balaban J connectivity index is 0.000000300. The van der Waals surface area contributed by atoms with E-state index < -0.39 is 94.7 Å². The van der Waals surface area contributed by atoms with E-state index >= 15 is 0 Å². The fourth-order valence-corrected chi connectivity index (χ4v) is 12.6. The highest BCUT2D eigenvalue weighted by Gasteiger charge is 2.50. The standard InChI is InChI=1S/C43H58N4O12.C18H15Cl3N2O.C10H24N2O2.C5H5N3O/c1-21-12-11-13-22(2)42(55)45-33-28(20-44-47-17-15-46(9)16-18-47)37(52)30-31(38(33)53)36(51)26(6)40-32(30)41(54)43(8,59-40)57-19-14-29(56-10)23(3)39(58-27(7)48)25(5)35(50)24(4)34(21)49;19-14-3-1-13(2-4-14)11-24-18(10-23-8-7-22-12-23)16-6-5-15(20)9-17(16)21;1-3-9(7-13)11-5-6-12-10(4-2)8-14;6-5(9)4-3-7-1-2-8-4/h11-14,19-21,23-25,29,34-35,39,49-53H,15-18H2,1-10H3,(H,45,55);1-9,12,18H,10-11H2;9-14H,3-8H2,1-2H3;1-3H,(H2,6,9)/b12-11+,19-14+,22-13-,44-20+;;;/t21-,23+,24+,25+,29-,34-,35+,39+,43-;;9-,10-;/m0.0./s1. The SMILES string of the molecule is CC[C@@H](CO)NCCN[C@@H](CC)CO.CO[C@H]1/C=C/O[C@@]2(C)Oc3c(C)c(O)c4c(O)c(c(/C=N/N5CCN(C)CC5)c(O)c4c3C2=O)NC(=O)/C(C)=C\C=C\[C@H](C)[C@H](O)[C@@H](C)[C@@H](O)[C@@H](C)[C@H](OC(C)=O)[C@@H]1C.Clc1ccc(COC(Cn2ccnc2)c2ccc(Cl)cc2Cl)cc1.NC(=O)c1cnccn1. The number of methoxy groups -OCH3 is 1. The molecule has 0 radical (unpaired) electrons. The number of esters is 1. The van der Waals surface area contributed by atoms with Crippen LogP contribution in [0.3, 0.4) is 0 Å². The first-order valence-electron chi connectivity index (χ1n) is 35.0. The lowest BCUT2D eigenvalue weighted by Crippen LogP contribution is -2.46. The van der Waals surface area contributed by atoms with Gasteiger partial charge in [-0.2, -0.15) is 5.10 Å². The lowest BCUT2D eigenvalue weighted by molar-refractivity contribution is -0.160. The first-order valence-corrected chi connectivity index (χ1v) is 36.1. The molecule has 2 amide bonds. The van der Waals surface area contributed by atoms with Crippen LogP contribution in [-0.4, -0.2) is 204 Å². The molecule has 2 aromatic heterocycles. The highest BCUT2D eigenvalue weighted by atomic mass is 35.5. The number of piperazine rings is 1.